The predicted molar refractivity (Wildman–Crippen MR) is 105 cm³/mol. The maximum atomic E-state index is 13.5. The van der Waals surface area contributed by atoms with Gasteiger partial charge in [0.25, 0.3) is 10.0 Å². The minimum Gasteiger partial charge on any atom is -0.494 e. The lowest BCUT2D eigenvalue weighted by Gasteiger charge is -2.16. The summed E-state index contributed by atoms with van der Waals surface area (Å²) in [6.07, 6.45) is 1.34. The molecular weight excluding hydrogens is 364 g/mol. The van der Waals surface area contributed by atoms with E-state index in [1.807, 2.05) is 46.8 Å². The van der Waals surface area contributed by atoms with Crippen molar-refractivity contribution in [2.45, 2.75) is 39.5 Å². The summed E-state index contributed by atoms with van der Waals surface area (Å²) in [5.74, 6) is 0.833. The second-order valence-corrected chi connectivity index (χ2v) is 8.18. The lowest BCUT2D eigenvalue weighted by Crippen LogP contribution is -2.14. The van der Waals surface area contributed by atoms with E-state index < -0.39 is 10.0 Å². The largest absolute Gasteiger partial charge is 0.494 e. The summed E-state index contributed by atoms with van der Waals surface area (Å²) >= 11 is 0. The van der Waals surface area contributed by atoms with Crippen LogP contribution in [0.5, 0.6) is 11.5 Å². The monoisotopic (exact) mass is 388 g/mol. The SMILES string of the molecule is CCOc1cc(S(=O)(=O)n2cnc3cc(C)c(C)cc32)c(OCC)cc1C. The fraction of sp³-hybridized carbons (Fsp3) is 0.350. The fourth-order valence-corrected chi connectivity index (χ4v) is 4.38. The van der Waals surface area contributed by atoms with Gasteiger partial charge < -0.3 is 9.47 Å². The zero-order chi connectivity index (χ0) is 19.8. The Morgan fingerprint density at radius 3 is 2.19 bits per heavy atom. The molecule has 0 saturated carbocycles. The summed E-state index contributed by atoms with van der Waals surface area (Å²) in [6, 6.07) is 6.97. The van der Waals surface area contributed by atoms with Gasteiger partial charge in [0, 0.05) is 6.07 Å². The average molecular weight is 388 g/mol. The normalized spacial score (nSPS) is 11.7. The standard InChI is InChI=1S/C20H24N2O4S/c1-6-25-18-11-20(19(26-7-2)10-15(18)5)27(23,24)22-12-21-16-8-13(3)14(4)9-17(16)22/h8-12H,6-7H2,1-5H3. The Morgan fingerprint density at radius 1 is 0.889 bits per heavy atom. The molecule has 1 heterocycles. The Morgan fingerprint density at radius 2 is 1.52 bits per heavy atom. The first-order chi connectivity index (χ1) is 12.8. The minimum absolute atomic E-state index is 0.0657. The van der Waals surface area contributed by atoms with Crippen LogP contribution in [-0.2, 0) is 10.0 Å². The minimum atomic E-state index is -3.91. The Bertz CT molecular complexity index is 1100. The van der Waals surface area contributed by atoms with Crippen LogP contribution in [-0.4, -0.2) is 30.6 Å². The van der Waals surface area contributed by atoms with Gasteiger partial charge in [-0.15, -0.1) is 0 Å². The molecule has 0 bridgehead atoms. The van der Waals surface area contributed by atoms with E-state index in [0.717, 1.165) is 16.7 Å². The number of rotatable bonds is 6. The molecule has 0 aliphatic heterocycles. The number of imidazole rings is 1. The van der Waals surface area contributed by atoms with Crippen LogP contribution >= 0.6 is 0 Å². The summed E-state index contributed by atoms with van der Waals surface area (Å²) < 4.78 is 39.3. The number of hydrogen-bond donors (Lipinski definition) is 0. The number of aromatic nitrogens is 2. The molecule has 27 heavy (non-hydrogen) atoms. The van der Waals surface area contributed by atoms with Crippen LogP contribution in [0.3, 0.4) is 0 Å². The first-order valence-electron chi connectivity index (χ1n) is 8.89. The van der Waals surface area contributed by atoms with Crippen molar-refractivity contribution in [3.8, 4) is 11.5 Å². The van der Waals surface area contributed by atoms with Gasteiger partial charge in [0.05, 0.1) is 24.2 Å². The molecule has 0 unspecified atom stereocenters. The third-order valence-electron chi connectivity index (χ3n) is 4.51. The van der Waals surface area contributed by atoms with Gasteiger partial charge in [-0.3, -0.25) is 0 Å². The molecule has 0 spiro atoms. The highest BCUT2D eigenvalue weighted by atomic mass is 32.2. The van der Waals surface area contributed by atoms with Gasteiger partial charge in [-0.2, -0.15) is 0 Å². The molecule has 3 rings (SSSR count). The molecule has 1 aromatic heterocycles. The van der Waals surface area contributed by atoms with Crippen molar-refractivity contribution in [2.24, 2.45) is 0 Å². The second-order valence-electron chi connectivity index (χ2n) is 6.40. The highest BCUT2D eigenvalue weighted by Gasteiger charge is 2.26. The first-order valence-corrected chi connectivity index (χ1v) is 10.3. The van der Waals surface area contributed by atoms with Crippen LogP contribution in [0.4, 0.5) is 0 Å². The number of hydrogen-bond acceptors (Lipinski definition) is 5. The van der Waals surface area contributed by atoms with Crippen molar-refractivity contribution in [1.82, 2.24) is 8.96 Å². The molecule has 7 heteroatoms. The average Bonchev–Trinajstić information content (AvgIpc) is 3.01. The molecule has 6 nitrogen and oxygen atoms in total. The van der Waals surface area contributed by atoms with E-state index in [1.54, 1.807) is 6.07 Å². The predicted octanol–water partition coefficient (Wildman–Crippen LogP) is 4.00. The van der Waals surface area contributed by atoms with Crippen molar-refractivity contribution in [3.63, 3.8) is 0 Å². The summed E-state index contributed by atoms with van der Waals surface area (Å²) in [4.78, 5) is 4.34. The van der Waals surface area contributed by atoms with Crippen LogP contribution in [0.2, 0.25) is 0 Å². The van der Waals surface area contributed by atoms with Gasteiger partial charge >= 0.3 is 0 Å². The summed E-state index contributed by atoms with van der Waals surface area (Å²) in [5, 5.41) is 0. The highest BCUT2D eigenvalue weighted by molar-refractivity contribution is 7.90. The Balaban J connectivity index is 2.25. The molecule has 0 amide bonds. The van der Waals surface area contributed by atoms with E-state index in [4.69, 9.17) is 9.47 Å². The van der Waals surface area contributed by atoms with Crippen molar-refractivity contribution in [3.05, 3.63) is 47.3 Å². The summed E-state index contributed by atoms with van der Waals surface area (Å²) in [6.45, 7) is 10.3. The topological polar surface area (TPSA) is 70.4 Å². The Kier molecular flexibility index (Phi) is 5.15. The Labute approximate surface area is 159 Å². The van der Waals surface area contributed by atoms with E-state index in [-0.39, 0.29) is 4.90 Å². The molecule has 0 radical (unpaired) electrons. The Hall–Kier alpha value is -2.54. The molecule has 0 fully saturated rings. The second kappa shape index (κ2) is 7.23. The molecule has 144 valence electrons. The van der Waals surface area contributed by atoms with Crippen LogP contribution in [0.25, 0.3) is 11.0 Å². The maximum absolute atomic E-state index is 13.5. The number of fused-ring (bicyclic) bond motifs is 1. The molecule has 0 atom stereocenters. The van der Waals surface area contributed by atoms with Crippen molar-refractivity contribution < 1.29 is 17.9 Å². The first kappa shape index (κ1) is 19.2. The van der Waals surface area contributed by atoms with Gasteiger partial charge in [0.15, 0.2) is 0 Å². The van der Waals surface area contributed by atoms with E-state index in [0.29, 0.717) is 35.7 Å². The third-order valence-corrected chi connectivity index (χ3v) is 6.19. The molecule has 2 aromatic carbocycles. The molecule has 3 aromatic rings. The van der Waals surface area contributed by atoms with Gasteiger partial charge in [-0.05, 0) is 69.5 Å². The molecule has 0 saturated heterocycles. The fourth-order valence-electron chi connectivity index (χ4n) is 2.96. The zero-order valence-electron chi connectivity index (χ0n) is 16.2. The number of ether oxygens (including phenoxy) is 2. The van der Waals surface area contributed by atoms with E-state index in [2.05, 4.69) is 4.98 Å². The van der Waals surface area contributed by atoms with Crippen molar-refractivity contribution in [1.29, 1.82) is 0 Å². The lowest BCUT2D eigenvalue weighted by atomic mass is 10.1. The molecule has 0 aliphatic rings. The van der Waals surface area contributed by atoms with Gasteiger partial charge in [0.2, 0.25) is 0 Å². The quantitative estimate of drug-likeness (QED) is 0.638. The lowest BCUT2D eigenvalue weighted by molar-refractivity contribution is 0.320. The summed E-state index contributed by atoms with van der Waals surface area (Å²) in [7, 11) is -3.91. The zero-order valence-corrected chi connectivity index (χ0v) is 17.1. The van der Waals surface area contributed by atoms with E-state index in [1.165, 1.54) is 16.4 Å². The van der Waals surface area contributed by atoms with Gasteiger partial charge in [-0.25, -0.2) is 17.4 Å². The molecule has 0 aliphatic carbocycles. The maximum Gasteiger partial charge on any atom is 0.273 e. The van der Waals surface area contributed by atoms with Gasteiger partial charge in [0.1, 0.15) is 22.7 Å². The summed E-state index contributed by atoms with van der Waals surface area (Å²) in [5.41, 5.74) is 4.06. The smallest absolute Gasteiger partial charge is 0.273 e. The van der Waals surface area contributed by atoms with Crippen molar-refractivity contribution >= 4 is 21.1 Å². The van der Waals surface area contributed by atoms with Crippen LogP contribution < -0.4 is 9.47 Å². The number of aryl methyl sites for hydroxylation is 3. The number of benzene rings is 2. The molecular formula is C20H24N2O4S. The van der Waals surface area contributed by atoms with E-state index >= 15 is 0 Å². The third kappa shape index (κ3) is 3.39. The number of nitrogens with zero attached hydrogens (tertiary/aromatic N) is 2. The van der Waals surface area contributed by atoms with Crippen LogP contribution in [0, 0.1) is 20.8 Å². The molecule has 0 N–H and O–H groups in total. The van der Waals surface area contributed by atoms with Gasteiger partial charge in [-0.1, -0.05) is 0 Å². The van der Waals surface area contributed by atoms with E-state index in [9.17, 15) is 8.42 Å². The van der Waals surface area contributed by atoms with Crippen LogP contribution in [0.1, 0.15) is 30.5 Å². The highest BCUT2D eigenvalue weighted by Crippen LogP contribution is 2.34. The van der Waals surface area contributed by atoms with Crippen molar-refractivity contribution in [2.75, 3.05) is 13.2 Å². The van der Waals surface area contributed by atoms with Crippen LogP contribution in [0.15, 0.2) is 35.5 Å².